The lowest BCUT2D eigenvalue weighted by Gasteiger charge is -2.29. The molecule has 4 rings (SSSR count). The van der Waals surface area contributed by atoms with Crippen LogP contribution in [0.1, 0.15) is 43.3 Å². The van der Waals surface area contributed by atoms with E-state index in [2.05, 4.69) is 26.9 Å². The third-order valence-corrected chi connectivity index (χ3v) is 4.99. The van der Waals surface area contributed by atoms with Gasteiger partial charge in [0.25, 0.3) is 0 Å². The Morgan fingerprint density at radius 3 is 2.88 bits per heavy atom. The Hall–Kier alpha value is -2.44. The van der Waals surface area contributed by atoms with Crippen LogP contribution < -0.4 is 4.90 Å². The van der Waals surface area contributed by atoms with Crippen molar-refractivity contribution < 1.29 is 9.32 Å². The number of piperidine rings is 1. The summed E-state index contributed by atoms with van der Waals surface area (Å²) in [5.74, 6) is 1.79. The quantitative estimate of drug-likeness (QED) is 0.854. The highest BCUT2D eigenvalue weighted by molar-refractivity contribution is 5.90. The van der Waals surface area contributed by atoms with Gasteiger partial charge in [0.1, 0.15) is 5.82 Å². The second-order valence-corrected chi connectivity index (χ2v) is 7.02. The third-order valence-electron chi connectivity index (χ3n) is 4.99. The topological polar surface area (TPSA) is 75.4 Å². The van der Waals surface area contributed by atoms with Gasteiger partial charge in [-0.25, -0.2) is 4.98 Å². The predicted octanol–water partition coefficient (Wildman–Crippen LogP) is 2.60. The van der Waals surface area contributed by atoms with Crippen molar-refractivity contribution in [1.29, 1.82) is 0 Å². The monoisotopic (exact) mass is 341 g/mol. The van der Waals surface area contributed by atoms with Crippen LogP contribution in [0.3, 0.4) is 0 Å². The summed E-state index contributed by atoms with van der Waals surface area (Å²) in [5, 5.41) is 4.01. The summed E-state index contributed by atoms with van der Waals surface area (Å²) in [6.45, 7) is 5.73. The van der Waals surface area contributed by atoms with Gasteiger partial charge in [0.15, 0.2) is 0 Å². The smallest absolute Gasteiger partial charge is 0.316 e. The van der Waals surface area contributed by atoms with E-state index >= 15 is 0 Å². The van der Waals surface area contributed by atoms with Crippen LogP contribution in [0, 0.1) is 5.92 Å². The molecule has 0 spiro atoms. The van der Waals surface area contributed by atoms with Crippen LogP contribution in [0.2, 0.25) is 0 Å². The van der Waals surface area contributed by atoms with Gasteiger partial charge in [-0.1, -0.05) is 12.1 Å². The number of nitrogens with zero attached hydrogens (tertiary/aromatic N) is 5. The van der Waals surface area contributed by atoms with E-state index in [1.54, 1.807) is 6.20 Å². The minimum atomic E-state index is -0.167. The average Bonchev–Trinajstić information content (AvgIpc) is 3.33. The molecule has 0 N–H and O–H groups in total. The molecular weight excluding hydrogens is 318 g/mol. The van der Waals surface area contributed by atoms with Crippen molar-refractivity contribution in [3.63, 3.8) is 0 Å². The van der Waals surface area contributed by atoms with Crippen molar-refractivity contribution in [3.05, 3.63) is 24.2 Å². The molecule has 7 heteroatoms. The third kappa shape index (κ3) is 3.36. The Morgan fingerprint density at radius 2 is 2.08 bits per heavy atom. The lowest BCUT2D eigenvalue weighted by molar-refractivity contribution is 0.0633. The molecule has 2 fully saturated rings. The molecule has 2 aliphatic rings. The summed E-state index contributed by atoms with van der Waals surface area (Å²) in [5.41, 5.74) is 0.826. The molecule has 2 aliphatic heterocycles. The van der Waals surface area contributed by atoms with Crippen molar-refractivity contribution >= 4 is 11.7 Å². The summed E-state index contributed by atoms with van der Waals surface area (Å²) in [4.78, 5) is 25.4. The van der Waals surface area contributed by atoms with E-state index in [9.17, 15) is 4.79 Å². The second kappa shape index (κ2) is 6.82. The molecule has 2 aromatic heterocycles. The van der Waals surface area contributed by atoms with Crippen molar-refractivity contribution in [2.24, 2.45) is 5.92 Å². The van der Waals surface area contributed by atoms with E-state index in [1.165, 1.54) is 12.8 Å². The van der Waals surface area contributed by atoms with E-state index in [0.29, 0.717) is 11.7 Å². The molecule has 25 heavy (non-hydrogen) atoms. The van der Waals surface area contributed by atoms with Gasteiger partial charge >= 0.3 is 11.8 Å². The zero-order valence-corrected chi connectivity index (χ0v) is 14.5. The summed E-state index contributed by atoms with van der Waals surface area (Å²) < 4.78 is 5.25. The largest absolute Gasteiger partial charge is 0.357 e. The van der Waals surface area contributed by atoms with Gasteiger partial charge in [0, 0.05) is 37.9 Å². The fourth-order valence-corrected chi connectivity index (χ4v) is 3.61. The van der Waals surface area contributed by atoms with E-state index in [-0.39, 0.29) is 11.8 Å². The summed E-state index contributed by atoms with van der Waals surface area (Å²) >= 11 is 0. The average molecular weight is 341 g/mol. The van der Waals surface area contributed by atoms with E-state index in [0.717, 1.165) is 50.4 Å². The molecule has 0 aliphatic carbocycles. The second-order valence-electron chi connectivity index (χ2n) is 7.02. The highest BCUT2D eigenvalue weighted by Crippen LogP contribution is 2.24. The molecular formula is C18H23N5O2. The molecule has 0 bridgehead atoms. The first-order valence-corrected chi connectivity index (χ1v) is 9.05. The van der Waals surface area contributed by atoms with Gasteiger partial charge in [0.2, 0.25) is 5.82 Å². The summed E-state index contributed by atoms with van der Waals surface area (Å²) in [6, 6.07) is 3.81. The molecule has 4 heterocycles. The minimum Gasteiger partial charge on any atom is -0.357 e. The standard InChI is InChI=1S/C18H23N5O2/c1-13-5-4-10-23(12-13)18(24)17-20-16(21-25-17)14-6-7-19-15(11-14)22-8-2-3-9-22/h6-7,11,13H,2-5,8-10,12H2,1H3/t13-/m0/s1. The number of pyridine rings is 1. The Balaban J connectivity index is 1.53. The van der Waals surface area contributed by atoms with Crippen molar-refractivity contribution in [3.8, 4) is 11.4 Å². The zero-order chi connectivity index (χ0) is 17.2. The van der Waals surface area contributed by atoms with E-state index in [4.69, 9.17) is 4.52 Å². The van der Waals surface area contributed by atoms with Gasteiger partial charge in [-0.05, 0) is 43.7 Å². The lowest BCUT2D eigenvalue weighted by atomic mass is 10.0. The number of hydrogen-bond donors (Lipinski definition) is 0. The van der Waals surface area contributed by atoms with Crippen LogP contribution in [0.4, 0.5) is 5.82 Å². The van der Waals surface area contributed by atoms with E-state index in [1.807, 2.05) is 17.0 Å². The number of likely N-dealkylation sites (tertiary alicyclic amines) is 1. The molecule has 0 unspecified atom stereocenters. The van der Waals surface area contributed by atoms with Crippen LogP contribution in [0.25, 0.3) is 11.4 Å². The van der Waals surface area contributed by atoms with Crippen LogP contribution in [-0.2, 0) is 0 Å². The number of aromatic nitrogens is 3. The minimum absolute atomic E-state index is 0.0728. The number of carbonyl (C=O) groups excluding carboxylic acids is 1. The first kappa shape index (κ1) is 16.1. The molecule has 1 amide bonds. The predicted molar refractivity (Wildman–Crippen MR) is 93.3 cm³/mol. The van der Waals surface area contributed by atoms with Crippen LogP contribution >= 0.6 is 0 Å². The highest BCUT2D eigenvalue weighted by Gasteiger charge is 2.26. The zero-order valence-electron chi connectivity index (χ0n) is 14.5. The molecule has 7 nitrogen and oxygen atoms in total. The molecule has 0 aromatic carbocycles. The molecule has 2 aromatic rings. The molecule has 132 valence electrons. The number of anilines is 1. The maximum atomic E-state index is 12.6. The number of rotatable bonds is 3. The van der Waals surface area contributed by atoms with Gasteiger partial charge < -0.3 is 14.3 Å². The van der Waals surface area contributed by atoms with Crippen molar-refractivity contribution in [1.82, 2.24) is 20.0 Å². The van der Waals surface area contributed by atoms with Crippen molar-refractivity contribution in [2.45, 2.75) is 32.6 Å². The maximum absolute atomic E-state index is 12.6. The van der Waals surface area contributed by atoms with E-state index < -0.39 is 0 Å². The van der Waals surface area contributed by atoms with Gasteiger partial charge in [0.05, 0.1) is 0 Å². The Bertz CT molecular complexity index is 753. The normalized spacial score (nSPS) is 20.9. The van der Waals surface area contributed by atoms with Gasteiger partial charge in [-0.2, -0.15) is 4.98 Å². The summed E-state index contributed by atoms with van der Waals surface area (Å²) in [7, 11) is 0. The molecule has 1 atom stereocenters. The molecule has 0 saturated carbocycles. The molecule has 0 radical (unpaired) electrons. The maximum Gasteiger partial charge on any atom is 0.316 e. The Labute approximate surface area is 147 Å². The number of amides is 1. The fraction of sp³-hybridized carbons (Fsp3) is 0.556. The molecule has 2 saturated heterocycles. The highest BCUT2D eigenvalue weighted by atomic mass is 16.5. The Kier molecular flexibility index (Phi) is 4.38. The lowest BCUT2D eigenvalue weighted by Crippen LogP contribution is -2.39. The van der Waals surface area contributed by atoms with Gasteiger partial charge in [-0.3, -0.25) is 4.79 Å². The fourth-order valence-electron chi connectivity index (χ4n) is 3.61. The first-order valence-electron chi connectivity index (χ1n) is 9.05. The number of hydrogen-bond acceptors (Lipinski definition) is 6. The van der Waals surface area contributed by atoms with Gasteiger partial charge in [-0.15, -0.1) is 0 Å². The number of carbonyl (C=O) groups is 1. The van der Waals surface area contributed by atoms with Crippen LogP contribution in [0.15, 0.2) is 22.9 Å². The SMILES string of the molecule is C[C@H]1CCCN(C(=O)c2nc(-c3ccnc(N4CCCC4)c3)no2)C1. The van der Waals surface area contributed by atoms with Crippen LogP contribution in [-0.4, -0.2) is 52.1 Å². The van der Waals surface area contributed by atoms with Crippen molar-refractivity contribution in [2.75, 3.05) is 31.1 Å². The first-order chi connectivity index (χ1) is 12.2. The Morgan fingerprint density at radius 1 is 1.24 bits per heavy atom. The van der Waals surface area contributed by atoms with Crippen LogP contribution in [0.5, 0.6) is 0 Å². The summed E-state index contributed by atoms with van der Waals surface area (Å²) in [6.07, 6.45) is 6.34.